The fraction of sp³-hybridized carbons (Fsp3) is 0.467. The lowest BCUT2D eigenvalue weighted by molar-refractivity contribution is 0.588. The lowest BCUT2D eigenvalue weighted by Gasteiger charge is -2.17. The highest BCUT2D eigenvalue weighted by molar-refractivity contribution is 7.11. The maximum atomic E-state index is 6.04. The highest BCUT2D eigenvalue weighted by Crippen LogP contribution is 2.39. The Hall–Kier alpha value is -1.62. The molecule has 5 heteroatoms. The summed E-state index contributed by atoms with van der Waals surface area (Å²) in [6.45, 7) is 2.23. The van der Waals surface area contributed by atoms with E-state index in [2.05, 4.69) is 21.6 Å². The highest BCUT2D eigenvalue weighted by Gasteiger charge is 2.25. The Labute approximate surface area is 123 Å². The fourth-order valence-corrected chi connectivity index (χ4v) is 3.27. The third-order valence-corrected chi connectivity index (χ3v) is 4.60. The Balaban J connectivity index is 1.82. The largest absolute Gasteiger partial charge is 0.382 e. The number of hydrogen-bond donors (Lipinski definition) is 2. The standard InChI is InChI=1S/C15H20N4S/c1-2-12(8-10-5-6-10)18-15-13(14(16)19-20-15)11-4-3-7-17-9-11/h3-4,7,9-10,12,18H,2,5-6,8H2,1H3,(H2,16,19). The van der Waals surface area contributed by atoms with Crippen LogP contribution < -0.4 is 11.1 Å². The summed E-state index contributed by atoms with van der Waals surface area (Å²) in [5.74, 6) is 1.51. The first-order valence-corrected chi connectivity index (χ1v) is 7.97. The molecular formula is C15H20N4S. The molecule has 0 bridgehead atoms. The van der Waals surface area contributed by atoms with Crippen molar-refractivity contribution in [1.29, 1.82) is 0 Å². The van der Waals surface area contributed by atoms with Crippen LogP contribution in [0.1, 0.15) is 32.6 Å². The van der Waals surface area contributed by atoms with E-state index in [1.165, 1.54) is 30.8 Å². The van der Waals surface area contributed by atoms with Crippen LogP contribution in [0.15, 0.2) is 24.5 Å². The zero-order valence-electron chi connectivity index (χ0n) is 11.7. The van der Waals surface area contributed by atoms with E-state index < -0.39 is 0 Å². The van der Waals surface area contributed by atoms with E-state index in [9.17, 15) is 0 Å². The van der Waals surface area contributed by atoms with Gasteiger partial charge in [0.1, 0.15) is 10.8 Å². The first-order valence-electron chi connectivity index (χ1n) is 7.20. The molecule has 1 unspecified atom stereocenters. The van der Waals surface area contributed by atoms with Gasteiger partial charge in [0, 0.05) is 24.0 Å². The lowest BCUT2D eigenvalue weighted by Crippen LogP contribution is -2.18. The van der Waals surface area contributed by atoms with Crippen LogP contribution in [-0.2, 0) is 0 Å². The number of anilines is 2. The number of nitrogen functional groups attached to an aromatic ring is 1. The summed E-state index contributed by atoms with van der Waals surface area (Å²) >= 11 is 1.45. The van der Waals surface area contributed by atoms with Gasteiger partial charge >= 0.3 is 0 Å². The van der Waals surface area contributed by atoms with Crippen LogP contribution in [0, 0.1) is 5.92 Å². The van der Waals surface area contributed by atoms with Crippen LogP contribution in [-0.4, -0.2) is 15.4 Å². The molecule has 1 fully saturated rings. The molecule has 0 spiro atoms. The number of pyridine rings is 1. The smallest absolute Gasteiger partial charge is 0.147 e. The molecule has 0 saturated heterocycles. The average molecular weight is 288 g/mol. The SMILES string of the molecule is CCC(CC1CC1)Nc1snc(N)c1-c1cccnc1. The van der Waals surface area contributed by atoms with E-state index in [4.69, 9.17) is 5.73 Å². The van der Waals surface area contributed by atoms with E-state index in [1.807, 2.05) is 18.3 Å². The number of nitrogens with zero attached hydrogens (tertiary/aromatic N) is 2. The Kier molecular flexibility index (Phi) is 3.87. The molecule has 1 aliphatic rings. The Morgan fingerprint density at radius 2 is 2.35 bits per heavy atom. The number of nitrogens with one attached hydrogen (secondary N) is 1. The Morgan fingerprint density at radius 1 is 1.50 bits per heavy atom. The zero-order valence-corrected chi connectivity index (χ0v) is 12.5. The third-order valence-electron chi connectivity index (χ3n) is 3.81. The summed E-state index contributed by atoms with van der Waals surface area (Å²) in [5, 5.41) is 4.71. The van der Waals surface area contributed by atoms with Crippen LogP contribution in [0.5, 0.6) is 0 Å². The molecule has 2 aromatic rings. The molecule has 2 heterocycles. The van der Waals surface area contributed by atoms with Gasteiger partial charge in [0.15, 0.2) is 0 Å². The van der Waals surface area contributed by atoms with Crippen molar-refractivity contribution < 1.29 is 0 Å². The first kappa shape index (κ1) is 13.4. The van der Waals surface area contributed by atoms with Gasteiger partial charge in [0.25, 0.3) is 0 Å². The van der Waals surface area contributed by atoms with Gasteiger partial charge in [-0.2, -0.15) is 4.37 Å². The monoisotopic (exact) mass is 288 g/mol. The molecule has 20 heavy (non-hydrogen) atoms. The molecule has 0 radical (unpaired) electrons. The van der Waals surface area contributed by atoms with Crippen molar-refractivity contribution in [3.05, 3.63) is 24.5 Å². The van der Waals surface area contributed by atoms with Crippen molar-refractivity contribution in [2.75, 3.05) is 11.1 Å². The summed E-state index contributed by atoms with van der Waals surface area (Å²) in [4.78, 5) is 4.17. The quantitative estimate of drug-likeness (QED) is 0.849. The molecule has 2 aromatic heterocycles. The van der Waals surface area contributed by atoms with Crippen LogP contribution >= 0.6 is 11.5 Å². The van der Waals surface area contributed by atoms with E-state index in [-0.39, 0.29) is 0 Å². The molecule has 1 saturated carbocycles. The molecule has 0 amide bonds. The van der Waals surface area contributed by atoms with Crippen LogP contribution in [0.3, 0.4) is 0 Å². The van der Waals surface area contributed by atoms with Gasteiger partial charge in [0.05, 0.1) is 5.56 Å². The maximum absolute atomic E-state index is 6.04. The van der Waals surface area contributed by atoms with Gasteiger partial charge in [-0.3, -0.25) is 4.98 Å². The Morgan fingerprint density at radius 3 is 3.00 bits per heavy atom. The predicted molar refractivity (Wildman–Crippen MR) is 84.8 cm³/mol. The number of nitrogens with two attached hydrogens (primary N) is 1. The minimum absolute atomic E-state index is 0.512. The lowest BCUT2D eigenvalue weighted by atomic mass is 10.1. The number of hydrogen-bond acceptors (Lipinski definition) is 5. The first-order chi connectivity index (χ1) is 9.78. The van der Waals surface area contributed by atoms with Gasteiger partial charge in [-0.15, -0.1) is 0 Å². The molecule has 4 nitrogen and oxygen atoms in total. The van der Waals surface area contributed by atoms with E-state index >= 15 is 0 Å². The maximum Gasteiger partial charge on any atom is 0.147 e. The van der Waals surface area contributed by atoms with Gasteiger partial charge in [-0.05, 0) is 36.4 Å². The molecule has 3 rings (SSSR count). The summed E-state index contributed by atoms with van der Waals surface area (Å²) in [5.41, 5.74) is 8.06. The van der Waals surface area contributed by atoms with Gasteiger partial charge < -0.3 is 11.1 Å². The molecule has 106 valence electrons. The topological polar surface area (TPSA) is 63.8 Å². The van der Waals surface area contributed by atoms with E-state index in [1.54, 1.807) is 6.20 Å². The minimum atomic E-state index is 0.512. The van der Waals surface area contributed by atoms with E-state index in [0.29, 0.717) is 11.9 Å². The number of aromatic nitrogens is 2. The molecule has 0 aromatic carbocycles. The van der Waals surface area contributed by atoms with E-state index in [0.717, 1.165) is 28.5 Å². The van der Waals surface area contributed by atoms with Crippen LogP contribution in [0.4, 0.5) is 10.8 Å². The Bertz CT molecular complexity index is 563. The van der Waals surface area contributed by atoms with Crippen molar-refractivity contribution in [1.82, 2.24) is 9.36 Å². The summed E-state index contributed by atoms with van der Waals surface area (Å²) < 4.78 is 4.30. The molecule has 3 N–H and O–H groups in total. The second-order valence-corrected chi connectivity index (χ2v) is 6.22. The summed E-state index contributed by atoms with van der Waals surface area (Å²) in [6, 6.07) is 4.47. The summed E-state index contributed by atoms with van der Waals surface area (Å²) in [6.07, 6.45) is 8.76. The van der Waals surface area contributed by atoms with Crippen LogP contribution in [0.2, 0.25) is 0 Å². The minimum Gasteiger partial charge on any atom is -0.382 e. The number of rotatable bonds is 6. The van der Waals surface area contributed by atoms with Gasteiger partial charge in [0.2, 0.25) is 0 Å². The highest BCUT2D eigenvalue weighted by atomic mass is 32.1. The van der Waals surface area contributed by atoms with Crippen molar-refractivity contribution in [2.24, 2.45) is 5.92 Å². The molecule has 1 atom stereocenters. The van der Waals surface area contributed by atoms with Gasteiger partial charge in [-0.25, -0.2) is 0 Å². The van der Waals surface area contributed by atoms with Crippen molar-refractivity contribution in [2.45, 2.75) is 38.6 Å². The normalized spacial score (nSPS) is 16.1. The fourth-order valence-electron chi connectivity index (χ4n) is 2.46. The van der Waals surface area contributed by atoms with Gasteiger partial charge in [-0.1, -0.05) is 25.8 Å². The zero-order chi connectivity index (χ0) is 13.9. The van der Waals surface area contributed by atoms with Crippen molar-refractivity contribution in [3.63, 3.8) is 0 Å². The van der Waals surface area contributed by atoms with Crippen molar-refractivity contribution >= 4 is 22.4 Å². The van der Waals surface area contributed by atoms with Crippen LogP contribution in [0.25, 0.3) is 11.1 Å². The summed E-state index contributed by atoms with van der Waals surface area (Å²) in [7, 11) is 0. The molecule has 0 aliphatic heterocycles. The third kappa shape index (κ3) is 2.93. The molecule has 1 aliphatic carbocycles. The second kappa shape index (κ2) is 5.79. The predicted octanol–water partition coefficient (Wildman–Crippen LogP) is 3.78. The second-order valence-electron chi connectivity index (χ2n) is 5.44. The average Bonchev–Trinajstić information content (AvgIpc) is 3.22. The van der Waals surface area contributed by atoms with Crippen molar-refractivity contribution in [3.8, 4) is 11.1 Å². The molecular weight excluding hydrogens is 268 g/mol.